The van der Waals surface area contributed by atoms with Crippen LogP contribution in [-0.2, 0) is 32.7 Å². The second kappa shape index (κ2) is 43.1. The molecule has 1 rings (SSSR count). The zero-order valence-electron chi connectivity index (χ0n) is 42.2. The molecule has 6 N–H and O–H groups in total. The molecule has 13 nitrogen and oxygen atoms in total. The summed E-state index contributed by atoms with van der Waals surface area (Å²) in [6.45, 7) is 3.33. The van der Waals surface area contributed by atoms with E-state index >= 15 is 0 Å². The molecule has 0 bridgehead atoms. The number of rotatable bonds is 46. The van der Waals surface area contributed by atoms with Gasteiger partial charge in [-0.15, -0.1) is 0 Å². The number of hydrogen-bond acceptors (Lipinski definition) is 12. The number of esters is 2. The number of unbranched alkanes of at least 4 members (excludes halogenated alkanes) is 30. The number of allylic oxidation sites excluding steroid dienone is 4. The Labute approximate surface area is 406 Å². The molecule has 1 saturated carbocycles. The molecular formula is C53H99O13P. The van der Waals surface area contributed by atoms with Crippen molar-refractivity contribution in [1.82, 2.24) is 0 Å². The van der Waals surface area contributed by atoms with Crippen LogP contribution in [0.3, 0.4) is 0 Å². The summed E-state index contributed by atoms with van der Waals surface area (Å²) in [4.78, 5) is 35.9. The highest BCUT2D eigenvalue weighted by Gasteiger charge is 2.51. The van der Waals surface area contributed by atoms with Gasteiger partial charge in [0.05, 0.1) is 6.61 Å². The summed E-state index contributed by atoms with van der Waals surface area (Å²) in [5.41, 5.74) is 0. The molecule has 394 valence electrons. The lowest BCUT2D eigenvalue weighted by molar-refractivity contribution is -0.220. The van der Waals surface area contributed by atoms with E-state index in [1.165, 1.54) is 148 Å². The summed E-state index contributed by atoms with van der Waals surface area (Å²) in [6, 6.07) is 0. The molecule has 6 unspecified atom stereocenters. The third kappa shape index (κ3) is 35.1. The number of hydrogen-bond donors (Lipinski definition) is 6. The molecule has 1 aliphatic carbocycles. The van der Waals surface area contributed by atoms with Crippen molar-refractivity contribution in [2.24, 2.45) is 0 Å². The normalized spacial score (nSPS) is 21.3. The second-order valence-electron chi connectivity index (χ2n) is 19.1. The Balaban J connectivity index is 2.37. The van der Waals surface area contributed by atoms with Gasteiger partial charge in [-0.05, 0) is 44.9 Å². The van der Waals surface area contributed by atoms with Gasteiger partial charge in [-0.25, -0.2) is 4.57 Å². The Kier molecular flexibility index (Phi) is 40.8. The fourth-order valence-electron chi connectivity index (χ4n) is 8.44. The number of phosphoric ester groups is 1. The Morgan fingerprint density at radius 2 is 0.806 bits per heavy atom. The number of ether oxygens (including phenoxy) is 2. The molecular weight excluding hydrogens is 876 g/mol. The number of phosphoric acid groups is 1. The predicted octanol–water partition coefficient (Wildman–Crippen LogP) is 12.0. The van der Waals surface area contributed by atoms with E-state index in [1.54, 1.807) is 0 Å². The van der Waals surface area contributed by atoms with Crippen LogP contribution in [0.15, 0.2) is 24.3 Å². The molecule has 0 amide bonds. The van der Waals surface area contributed by atoms with E-state index < -0.39 is 75.7 Å². The summed E-state index contributed by atoms with van der Waals surface area (Å²) in [5.74, 6) is -1.09. The van der Waals surface area contributed by atoms with E-state index in [-0.39, 0.29) is 12.8 Å². The standard InChI is InChI=1S/C53H99O13P/c1-3-5-7-9-11-13-15-17-19-21-22-23-24-26-28-30-32-34-36-38-40-42-47(55)65-45(44-64-67(61,62)66-53-51(59)49(57)48(56)50(58)52(53)60)43-63-46(54)41-39-37-35-33-31-29-27-25-20-18-16-14-12-10-8-6-4-2/h15,17,21-22,45,48-53,56-60H,3-14,16,18-20,23-44H2,1-2H3,(H,61,62)/b17-15-,22-21-. The molecule has 6 atom stereocenters. The van der Waals surface area contributed by atoms with Gasteiger partial charge in [0.15, 0.2) is 6.10 Å². The van der Waals surface area contributed by atoms with E-state index in [2.05, 4.69) is 38.2 Å². The fraction of sp³-hybridized carbons (Fsp3) is 0.887. The molecule has 0 spiro atoms. The van der Waals surface area contributed by atoms with Crippen molar-refractivity contribution in [3.63, 3.8) is 0 Å². The molecule has 14 heteroatoms. The molecule has 1 aliphatic rings. The molecule has 0 radical (unpaired) electrons. The lowest BCUT2D eigenvalue weighted by Gasteiger charge is -2.41. The lowest BCUT2D eigenvalue weighted by Crippen LogP contribution is -2.64. The van der Waals surface area contributed by atoms with Gasteiger partial charge < -0.3 is 39.9 Å². The van der Waals surface area contributed by atoms with Gasteiger partial charge in [-0.1, -0.05) is 212 Å². The first-order chi connectivity index (χ1) is 32.4. The summed E-state index contributed by atoms with van der Waals surface area (Å²) in [7, 11) is -5.12. The first-order valence-corrected chi connectivity index (χ1v) is 28.6. The molecule has 0 aromatic carbocycles. The van der Waals surface area contributed by atoms with Crippen LogP contribution in [0.25, 0.3) is 0 Å². The summed E-state index contributed by atoms with van der Waals surface area (Å²) in [5, 5.41) is 50.3. The Morgan fingerprint density at radius 1 is 0.463 bits per heavy atom. The van der Waals surface area contributed by atoms with Crippen LogP contribution in [0.4, 0.5) is 0 Å². The summed E-state index contributed by atoms with van der Waals surface area (Å²) < 4.78 is 33.7. The first kappa shape index (κ1) is 63.3. The molecule has 0 aromatic rings. The van der Waals surface area contributed by atoms with Crippen molar-refractivity contribution >= 4 is 19.8 Å². The van der Waals surface area contributed by atoms with Crippen LogP contribution in [0.5, 0.6) is 0 Å². The fourth-order valence-corrected chi connectivity index (χ4v) is 9.41. The average Bonchev–Trinajstić information content (AvgIpc) is 3.31. The average molecular weight is 975 g/mol. The lowest BCUT2D eigenvalue weighted by atomic mass is 9.85. The van der Waals surface area contributed by atoms with Crippen LogP contribution >= 0.6 is 7.82 Å². The summed E-state index contributed by atoms with van der Waals surface area (Å²) >= 11 is 0. The minimum atomic E-state index is -5.12. The van der Waals surface area contributed by atoms with Crippen molar-refractivity contribution in [1.29, 1.82) is 0 Å². The van der Waals surface area contributed by atoms with Gasteiger partial charge in [0.1, 0.15) is 43.2 Å². The minimum Gasteiger partial charge on any atom is -0.462 e. The second-order valence-corrected chi connectivity index (χ2v) is 20.5. The molecule has 67 heavy (non-hydrogen) atoms. The molecule has 0 aromatic heterocycles. The number of carbonyl (C=O) groups is 2. The predicted molar refractivity (Wildman–Crippen MR) is 267 cm³/mol. The Hall–Kier alpha value is -1.67. The molecule has 0 saturated heterocycles. The van der Waals surface area contributed by atoms with E-state index in [9.17, 15) is 44.6 Å². The number of aliphatic hydroxyl groups excluding tert-OH is 5. The van der Waals surface area contributed by atoms with E-state index in [1.807, 2.05) is 0 Å². The highest BCUT2D eigenvalue weighted by Crippen LogP contribution is 2.47. The van der Waals surface area contributed by atoms with Gasteiger partial charge in [0.2, 0.25) is 0 Å². The third-order valence-corrected chi connectivity index (χ3v) is 13.8. The zero-order chi connectivity index (χ0) is 49.2. The third-order valence-electron chi connectivity index (χ3n) is 12.8. The van der Waals surface area contributed by atoms with Crippen molar-refractivity contribution in [2.75, 3.05) is 13.2 Å². The van der Waals surface area contributed by atoms with Crippen molar-refractivity contribution < 1.29 is 63.1 Å². The van der Waals surface area contributed by atoms with E-state index in [0.717, 1.165) is 57.8 Å². The van der Waals surface area contributed by atoms with E-state index in [4.69, 9.17) is 18.5 Å². The Bertz CT molecular complexity index is 1270. The van der Waals surface area contributed by atoms with Crippen molar-refractivity contribution in [3.8, 4) is 0 Å². The van der Waals surface area contributed by atoms with Gasteiger partial charge in [0.25, 0.3) is 0 Å². The maximum Gasteiger partial charge on any atom is 0.472 e. The monoisotopic (exact) mass is 975 g/mol. The van der Waals surface area contributed by atoms with Crippen LogP contribution in [0.1, 0.15) is 245 Å². The maximum atomic E-state index is 12.9. The molecule has 0 aliphatic heterocycles. The Morgan fingerprint density at radius 3 is 1.21 bits per heavy atom. The van der Waals surface area contributed by atoms with Gasteiger partial charge in [-0.3, -0.25) is 18.6 Å². The van der Waals surface area contributed by atoms with Crippen LogP contribution in [0.2, 0.25) is 0 Å². The van der Waals surface area contributed by atoms with Gasteiger partial charge >= 0.3 is 19.8 Å². The van der Waals surface area contributed by atoms with Crippen molar-refractivity contribution in [2.45, 2.75) is 288 Å². The largest absolute Gasteiger partial charge is 0.472 e. The minimum absolute atomic E-state index is 0.0951. The quantitative estimate of drug-likeness (QED) is 0.0145. The van der Waals surface area contributed by atoms with E-state index in [0.29, 0.717) is 12.8 Å². The number of carbonyl (C=O) groups excluding carboxylic acids is 2. The smallest absolute Gasteiger partial charge is 0.462 e. The SMILES string of the molecule is CCCCCCC/C=C\C/C=C\CCCCCCCCCCCC(=O)OC(COC(=O)CCCCCCCCCCCCCCCCCCC)COP(=O)(O)OC1C(O)C(O)C(O)C(O)C1O. The highest BCUT2D eigenvalue weighted by atomic mass is 31.2. The zero-order valence-corrected chi connectivity index (χ0v) is 43.1. The van der Waals surface area contributed by atoms with Gasteiger partial charge in [-0.2, -0.15) is 0 Å². The van der Waals surface area contributed by atoms with Crippen LogP contribution in [0, 0.1) is 0 Å². The van der Waals surface area contributed by atoms with Crippen LogP contribution in [-0.4, -0.2) is 98.3 Å². The molecule has 0 heterocycles. The highest BCUT2D eigenvalue weighted by molar-refractivity contribution is 7.47. The maximum absolute atomic E-state index is 12.9. The number of aliphatic hydroxyl groups is 5. The molecule has 1 fully saturated rings. The first-order valence-electron chi connectivity index (χ1n) is 27.1. The summed E-state index contributed by atoms with van der Waals surface area (Å²) in [6.07, 6.45) is 36.5. The van der Waals surface area contributed by atoms with Gasteiger partial charge in [0, 0.05) is 12.8 Å². The van der Waals surface area contributed by atoms with Crippen LogP contribution < -0.4 is 0 Å². The van der Waals surface area contributed by atoms with Crippen molar-refractivity contribution in [3.05, 3.63) is 24.3 Å². The topological polar surface area (TPSA) is 210 Å².